The SMILES string of the molecule is OC1(Cc2cccc(F)c2F)CCC1. The lowest BCUT2D eigenvalue weighted by molar-refractivity contribution is -0.0329. The van der Waals surface area contributed by atoms with Gasteiger partial charge in [-0.25, -0.2) is 8.78 Å². The highest BCUT2D eigenvalue weighted by atomic mass is 19.2. The molecule has 1 fully saturated rings. The van der Waals surface area contributed by atoms with Gasteiger partial charge >= 0.3 is 0 Å². The lowest BCUT2D eigenvalue weighted by Gasteiger charge is -2.36. The molecule has 2 rings (SSSR count). The fourth-order valence-electron chi connectivity index (χ4n) is 1.80. The first-order valence-electron chi connectivity index (χ1n) is 4.76. The molecule has 0 atom stereocenters. The zero-order valence-corrected chi connectivity index (χ0v) is 7.76. The van der Waals surface area contributed by atoms with Crippen LogP contribution in [-0.2, 0) is 6.42 Å². The van der Waals surface area contributed by atoms with Gasteiger partial charge in [-0.2, -0.15) is 0 Å². The van der Waals surface area contributed by atoms with Crippen molar-refractivity contribution in [1.82, 2.24) is 0 Å². The van der Waals surface area contributed by atoms with Crippen LogP contribution in [0.2, 0.25) is 0 Å². The second-order valence-electron chi connectivity index (χ2n) is 3.97. The Hall–Kier alpha value is -0.960. The molecule has 0 amide bonds. The van der Waals surface area contributed by atoms with Crippen molar-refractivity contribution in [3.63, 3.8) is 0 Å². The first-order valence-corrected chi connectivity index (χ1v) is 4.76. The van der Waals surface area contributed by atoms with Gasteiger partial charge in [-0.15, -0.1) is 0 Å². The van der Waals surface area contributed by atoms with E-state index in [1.165, 1.54) is 12.1 Å². The predicted molar refractivity (Wildman–Crippen MR) is 48.9 cm³/mol. The first-order chi connectivity index (χ1) is 6.61. The van der Waals surface area contributed by atoms with E-state index in [9.17, 15) is 13.9 Å². The number of rotatable bonds is 2. The third-order valence-corrected chi connectivity index (χ3v) is 2.84. The van der Waals surface area contributed by atoms with E-state index in [2.05, 4.69) is 0 Å². The summed E-state index contributed by atoms with van der Waals surface area (Å²) in [6.07, 6.45) is 2.55. The van der Waals surface area contributed by atoms with Gasteiger partial charge in [-0.05, 0) is 30.9 Å². The van der Waals surface area contributed by atoms with Crippen molar-refractivity contribution in [2.45, 2.75) is 31.3 Å². The Balaban J connectivity index is 2.20. The van der Waals surface area contributed by atoms with Crippen molar-refractivity contribution in [3.05, 3.63) is 35.4 Å². The summed E-state index contributed by atoms with van der Waals surface area (Å²) in [6.45, 7) is 0. The van der Waals surface area contributed by atoms with Crippen LogP contribution in [0.25, 0.3) is 0 Å². The smallest absolute Gasteiger partial charge is 0.162 e. The predicted octanol–water partition coefficient (Wildman–Crippen LogP) is 2.42. The van der Waals surface area contributed by atoms with Crippen molar-refractivity contribution in [1.29, 1.82) is 0 Å². The average molecular weight is 198 g/mol. The summed E-state index contributed by atoms with van der Waals surface area (Å²) in [6, 6.07) is 4.08. The van der Waals surface area contributed by atoms with E-state index in [4.69, 9.17) is 0 Å². The van der Waals surface area contributed by atoms with Crippen LogP contribution in [0.15, 0.2) is 18.2 Å². The molecular formula is C11H12F2O. The fraction of sp³-hybridized carbons (Fsp3) is 0.455. The molecule has 0 saturated heterocycles. The van der Waals surface area contributed by atoms with Gasteiger partial charge in [-0.1, -0.05) is 12.1 Å². The maximum atomic E-state index is 13.2. The number of hydrogen-bond donors (Lipinski definition) is 1. The van der Waals surface area contributed by atoms with Crippen molar-refractivity contribution >= 4 is 0 Å². The maximum absolute atomic E-state index is 13.2. The van der Waals surface area contributed by atoms with Crippen molar-refractivity contribution in [2.24, 2.45) is 0 Å². The average Bonchev–Trinajstić information content (AvgIpc) is 2.10. The molecule has 1 aromatic carbocycles. The molecule has 0 heterocycles. The highest BCUT2D eigenvalue weighted by Crippen LogP contribution is 2.35. The molecule has 76 valence electrons. The van der Waals surface area contributed by atoms with Gasteiger partial charge in [0.05, 0.1) is 5.60 Å². The van der Waals surface area contributed by atoms with Crippen LogP contribution in [0, 0.1) is 11.6 Å². The molecule has 0 aromatic heterocycles. The van der Waals surface area contributed by atoms with E-state index >= 15 is 0 Å². The summed E-state index contributed by atoms with van der Waals surface area (Å²) in [7, 11) is 0. The molecule has 0 spiro atoms. The standard InChI is InChI=1S/C11H12F2O/c12-9-4-1-3-8(10(9)13)7-11(14)5-2-6-11/h1,3-4,14H,2,5-7H2. The Labute approximate surface area is 81.4 Å². The summed E-state index contributed by atoms with van der Waals surface area (Å²) in [5.74, 6) is -1.67. The van der Waals surface area contributed by atoms with Gasteiger partial charge in [0.25, 0.3) is 0 Å². The largest absolute Gasteiger partial charge is 0.390 e. The Morgan fingerprint density at radius 3 is 2.57 bits per heavy atom. The van der Waals surface area contributed by atoms with Crippen molar-refractivity contribution in [3.8, 4) is 0 Å². The van der Waals surface area contributed by atoms with Gasteiger partial charge in [0.1, 0.15) is 0 Å². The fourth-order valence-corrected chi connectivity index (χ4v) is 1.80. The lowest BCUT2D eigenvalue weighted by Crippen LogP contribution is -2.39. The molecule has 1 N–H and O–H groups in total. The summed E-state index contributed by atoms with van der Waals surface area (Å²) >= 11 is 0. The second kappa shape index (κ2) is 3.31. The monoisotopic (exact) mass is 198 g/mol. The molecule has 1 nitrogen and oxygen atoms in total. The van der Waals surface area contributed by atoms with Crippen LogP contribution >= 0.6 is 0 Å². The van der Waals surface area contributed by atoms with Crippen LogP contribution in [0.1, 0.15) is 24.8 Å². The molecule has 14 heavy (non-hydrogen) atoms. The van der Waals surface area contributed by atoms with Gasteiger partial charge in [-0.3, -0.25) is 0 Å². The molecule has 0 aliphatic heterocycles. The molecule has 0 unspecified atom stereocenters. The minimum Gasteiger partial charge on any atom is -0.390 e. The Morgan fingerprint density at radius 1 is 1.29 bits per heavy atom. The molecule has 1 aliphatic carbocycles. The van der Waals surface area contributed by atoms with Gasteiger partial charge in [0, 0.05) is 6.42 Å². The molecule has 0 bridgehead atoms. The van der Waals surface area contributed by atoms with E-state index in [0.29, 0.717) is 12.8 Å². The normalized spacial score (nSPS) is 19.1. The summed E-state index contributed by atoms with van der Waals surface area (Å²) in [5, 5.41) is 9.79. The number of halogens is 2. The Kier molecular flexibility index (Phi) is 2.27. The van der Waals surface area contributed by atoms with Gasteiger partial charge in [0.2, 0.25) is 0 Å². The number of aliphatic hydroxyl groups is 1. The Morgan fingerprint density at radius 2 is 2.00 bits per heavy atom. The van der Waals surface area contributed by atoms with Crippen LogP contribution < -0.4 is 0 Å². The van der Waals surface area contributed by atoms with E-state index in [0.717, 1.165) is 12.5 Å². The van der Waals surface area contributed by atoms with Crippen molar-refractivity contribution < 1.29 is 13.9 Å². The zero-order valence-electron chi connectivity index (χ0n) is 7.76. The van der Waals surface area contributed by atoms with E-state index in [-0.39, 0.29) is 12.0 Å². The first kappa shape index (κ1) is 9.59. The quantitative estimate of drug-likeness (QED) is 0.773. The lowest BCUT2D eigenvalue weighted by atomic mass is 9.76. The molecular weight excluding hydrogens is 186 g/mol. The van der Waals surface area contributed by atoms with Crippen LogP contribution in [0.3, 0.4) is 0 Å². The molecule has 3 heteroatoms. The highest BCUT2D eigenvalue weighted by Gasteiger charge is 2.35. The van der Waals surface area contributed by atoms with Crippen LogP contribution in [-0.4, -0.2) is 10.7 Å². The van der Waals surface area contributed by atoms with Crippen LogP contribution in [0.4, 0.5) is 8.78 Å². The van der Waals surface area contributed by atoms with E-state index < -0.39 is 17.2 Å². The number of benzene rings is 1. The molecule has 1 aliphatic rings. The highest BCUT2D eigenvalue weighted by molar-refractivity contribution is 5.21. The topological polar surface area (TPSA) is 20.2 Å². The number of hydrogen-bond acceptors (Lipinski definition) is 1. The summed E-state index contributed by atoms with van der Waals surface area (Å²) in [5.41, 5.74) is -0.526. The molecule has 1 aromatic rings. The van der Waals surface area contributed by atoms with Gasteiger partial charge in [0.15, 0.2) is 11.6 Å². The second-order valence-corrected chi connectivity index (χ2v) is 3.97. The molecule has 1 saturated carbocycles. The van der Waals surface area contributed by atoms with Gasteiger partial charge < -0.3 is 5.11 Å². The third kappa shape index (κ3) is 1.64. The van der Waals surface area contributed by atoms with Crippen molar-refractivity contribution in [2.75, 3.05) is 0 Å². The summed E-state index contributed by atoms with van der Waals surface area (Å²) in [4.78, 5) is 0. The minimum absolute atomic E-state index is 0.219. The maximum Gasteiger partial charge on any atom is 0.162 e. The van der Waals surface area contributed by atoms with E-state index in [1.54, 1.807) is 0 Å². The van der Waals surface area contributed by atoms with E-state index in [1.807, 2.05) is 0 Å². The summed E-state index contributed by atoms with van der Waals surface area (Å²) < 4.78 is 26.0. The third-order valence-electron chi connectivity index (χ3n) is 2.84. The minimum atomic E-state index is -0.842. The van der Waals surface area contributed by atoms with Crippen LogP contribution in [0.5, 0.6) is 0 Å². The zero-order chi connectivity index (χ0) is 10.2. The Bertz CT molecular complexity index is 345. The molecule has 0 radical (unpaired) electrons.